The molecule has 31 heavy (non-hydrogen) atoms. The van der Waals surface area contributed by atoms with Crippen LogP contribution in [0.1, 0.15) is 31.4 Å². The van der Waals surface area contributed by atoms with Crippen LogP contribution in [0.25, 0.3) is 11.3 Å². The number of nitrogens with one attached hydrogen (secondary N) is 2. The van der Waals surface area contributed by atoms with Crippen LogP contribution < -0.4 is 10.6 Å². The summed E-state index contributed by atoms with van der Waals surface area (Å²) in [7, 11) is 0. The Kier molecular flexibility index (Phi) is 5.72. The maximum atomic E-state index is 12.5. The minimum absolute atomic E-state index is 0.0458. The van der Waals surface area contributed by atoms with Crippen LogP contribution in [0.4, 0.5) is 11.5 Å². The summed E-state index contributed by atoms with van der Waals surface area (Å²) in [5, 5.41) is 24.2. The third-order valence-corrected chi connectivity index (χ3v) is 5.29. The van der Waals surface area contributed by atoms with Crippen LogP contribution in [0.2, 0.25) is 0 Å². The van der Waals surface area contributed by atoms with Crippen molar-refractivity contribution in [1.29, 1.82) is 10.5 Å². The first-order valence-corrected chi connectivity index (χ1v) is 10.1. The van der Waals surface area contributed by atoms with E-state index in [2.05, 4.69) is 31.7 Å². The second-order valence-electron chi connectivity index (χ2n) is 7.51. The van der Waals surface area contributed by atoms with E-state index in [1.54, 1.807) is 11.0 Å². The second kappa shape index (κ2) is 8.76. The van der Waals surface area contributed by atoms with Gasteiger partial charge >= 0.3 is 0 Å². The summed E-state index contributed by atoms with van der Waals surface area (Å²) in [6.45, 7) is 0.511. The quantitative estimate of drug-likeness (QED) is 0.723. The summed E-state index contributed by atoms with van der Waals surface area (Å²) >= 11 is 0. The molecule has 0 bridgehead atoms. The van der Waals surface area contributed by atoms with Crippen molar-refractivity contribution in [2.75, 3.05) is 23.7 Å². The molecule has 4 rings (SSSR count). The van der Waals surface area contributed by atoms with E-state index < -0.39 is 6.04 Å². The molecule has 10 nitrogen and oxygen atoms in total. The first-order chi connectivity index (χ1) is 15.1. The zero-order valence-electron chi connectivity index (χ0n) is 16.7. The highest BCUT2D eigenvalue weighted by Crippen LogP contribution is 2.30. The average molecular weight is 416 g/mol. The number of carbonyl (C=O) groups is 2. The van der Waals surface area contributed by atoms with E-state index in [4.69, 9.17) is 5.26 Å². The van der Waals surface area contributed by atoms with E-state index in [1.165, 1.54) is 18.6 Å². The Morgan fingerprint density at radius 2 is 1.97 bits per heavy atom. The van der Waals surface area contributed by atoms with Gasteiger partial charge in [-0.25, -0.2) is 9.97 Å². The zero-order valence-corrected chi connectivity index (χ0v) is 16.7. The van der Waals surface area contributed by atoms with Crippen molar-refractivity contribution in [3.8, 4) is 23.4 Å². The third kappa shape index (κ3) is 4.59. The Hall–Kier alpha value is -4.05. The molecule has 2 amide bonds. The fourth-order valence-corrected chi connectivity index (χ4v) is 3.42. The predicted molar refractivity (Wildman–Crippen MR) is 110 cm³/mol. The molecule has 0 spiro atoms. The highest BCUT2D eigenvalue weighted by atomic mass is 16.2. The Morgan fingerprint density at radius 1 is 1.13 bits per heavy atom. The lowest BCUT2D eigenvalue weighted by atomic mass is 10.1. The molecule has 2 aromatic rings. The lowest BCUT2D eigenvalue weighted by Crippen LogP contribution is -2.38. The number of carbonyl (C=O) groups excluding carboxylic acids is 2. The molecule has 0 aromatic carbocycles. The van der Waals surface area contributed by atoms with Crippen molar-refractivity contribution in [3.05, 3.63) is 30.4 Å². The van der Waals surface area contributed by atoms with Crippen molar-refractivity contribution < 1.29 is 9.59 Å². The number of likely N-dealkylation sites (tertiary alicyclic amines) is 1. The number of anilines is 2. The fourth-order valence-electron chi connectivity index (χ4n) is 3.42. The number of amides is 2. The van der Waals surface area contributed by atoms with Gasteiger partial charge in [0.25, 0.3) is 0 Å². The first-order valence-electron chi connectivity index (χ1n) is 10.1. The van der Waals surface area contributed by atoms with Gasteiger partial charge in [-0.05, 0) is 31.7 Å². The topological polar surface area (TPSA) is 148 Å². The molecular formula is C21H20N8O2. The summed E-state index contributed by atoms with van der Waals surface area (Å²) in [5.41, 5.74) is 1.67. The number of pyridine rings is 1. The van der Waals surface area contributed by atoms with Gasteiger partial charge in [-0.15, -0.1) is 0 Å². The summed E-state index contributed by atoms with van der Waals surface area (Å²) < 4.78 is 0. The molecule has 156 valence electrons. The zero-order chi connectivity index (χ0) is 21.8. The van der Waals surface area contributed by atoms with Crippen molar-refractivity contribution in [3.63, 3.8) is 0 Å². The van der Waals surface area contributed by atoms with E-state index >= 15 is 0 Å². The number of nitrogens with zero attached hydrogens (tertiary/aromatic N) is 6. The third-order valence-electron chi connectivity index (χ3n) is 5.29. The standard InChI is InChI=1S/C21H20N8O2/c22-7-15-2-1-5-29(15)20(30)12-26-16-6-14(9-24-17(16)8-23)18-10-27-19(11-25-18)28-21(31)13-3-4-13/h6,9-11,13,15,26H,1-5,12H2,(H,27,28,31)/t15-/m1/s1. The lowest BCUT2D eigenvalue weighted by Gasteiger charge is -2.20. The molecular weight excluding hydrogens is 396 g/mol. The Balaban J connectivity index is 1.45. The maximum Gasteiger partial charge on any atom is 0.242 e. The van der Waals surface area contributed by atoms with E-state index in [-0.39, 0.29) is 30.0 Å². The summed E-state index contributed by atoms with van der Waals surface area (Å²) in [4.78, 5) is 38.5. The van der Waals surface area contributed by atoms with Gasteiger partial charge in [0.05, 0.1) is 36.4 Å². The molecule has 3 heterocycles. The van der Waals surface area contributed by atoms with Gasteiger partial charge in [0.15, 0.2) is 11.5 Å². The summed E-state index contributed by atoms with van der Waals surface area (Å²) in [5.74, 6) is 0.206. The van der Waals surface area contributed by atoms with Gasteiger partial charge in [0.2, 0.25) is 11.8 Å². The second-order valence-corrected chi connectivity index (χ2v) is 7.51. The lowest BCUT2D eigenvalue weighted by molar-refractivity contribution is -0.129. The van der Waals surface area contributed by atoms with Crippen molar-refractivity contribution in [1.82, 2.24) is 19.9 Å². The van der Waals surface area contributed by atoms with Gasteiger partial charge in [0.1, 0.15) is 12.1 Å². The van der Waals surface area contributed by atoms with Gasteiger partial charge in [-0.2, -0.15) is 10.5 Å². The van der Waals surface area contributed by atoms with Crippen LogP contribution in [0.15, 0.2) is 24.7 Å². The molecule has 1 saturated heterocycles. The highest BCUT2D eigenvalue weighted by Gasteiger charge is 2.30. The van der Waals surface area contributed by atoms with Crippen LogP contribution in [-0.2, 0) is 9.59 Å². The average Bonchev–Trinajstić information content (AvgIpc) is 3.55. The number of aromatic nitrogens is 3. The van der Waals surface area contributed by atoms with Crippen LogP contribution in [0.5, 0.6) is 0 Å². The molecule has 2 N–H and O–H groups in total. The van der Waals surface area contributed by atoms with Crippen LogP contribution >= 0.6 is 0 Å². The van der Waals surface area contributed by atoms with Gasteiger partial charge in [0, 0.05) is 24.2 Å². The molecule has 10 heteroatoms. The Labute approximate surface area is 178 Å². The van der Waals surface area contributed by atoms with E-state index in [0.717, 1.165) is 19.3 Å². The van der Waals surface area contributed by atoms with Crippen LogP contribution in [0.3, 0.4) is 0 Å². The summed E-state index contributed by atoms with van der Waals surface area (Å²) in [6, 6.07) is 5.42. The monoisotopic (exact) mass is 416 g/mol. The number of rotatable bonds is 6. The van der Waals surface area contributed by atoms with E-state index in [9.17, 15) is 14.9 Å². The Morgan fingerprint density at radius 3 is 2.65 bits per heavy atom. The Bertz CT molecular complexity index is 1080. The molecule has 1 atom stereocenters. The van der Waals surface area contributed by atoms with Crippen molar-refractivity contribution in [2.45, 2.75) is 31.7 Å². The minimum Gasteiger partial charge on any atom is -0.374 e. The number of nitriles is 2. The minimum atomic E-state index is -0.400. The van der Waals surface area contributed by atoms with Crippen molar-refractivity contribution >= 4 is 23.3 Å². The maximum absolute atomic E-state index is 12.5. The molecule has 2 aliphatic rings. The first kappa shape index (κ1) is 20.2. The molecule has 1 saturated carbocycles. The SMILES string of the molecule is N#Cc1ncc(-c2cnc(NC(=O)C3CC3)cn2)cc1NCC(=O)N1CCC[C@@H]1C#N. The van der Waals surface area contributed by atoms with Gasteiger partial charge < -0.3 is 15.5 Å². The smallest absolute Gasteiger partial charge is 0.242 e. The van der Waals surface area contributed by atoms with Crippen LogP contribution in [0, 0.1) is 28.6 Å². The largest absolute Gasteiger partial charge is 0.374 e. The van der Waals surface area contributed by atoms with E-state index in [1.807, 2.05) is 6.07 Å². The van der Waals surface area contributed by atoms with Crippen LogP contribution in [-0.4, -0.2) is 50.8 Å². The molecule has 0 radical (unpaired) electrons. The van der Waals surface area contributed by atoms with Crippen molar-refractivity contribution in [2.24, 2.45) is 5.92 Å². The van der Waals surface area contributed by atoms with Gasteiger partial charge in [-0.1, -0.05) is 0 Å². The number of hydrogen-bond donors (Lipinski definition) is 2. The summed E-state index contributed by atoms with van der Waals surface area (Å²) in [6.07, 6.45) is 7.79. The molecule has 1 aliphatic carbocycles. The molecule has 2 fully saturated rings. The molecule has 2 aromatic heterocycles. The predicted octanol–water partition coefficient (Wildman–Crippen LogP) is 1.69. The molecule has 0 unspecified atom stereocenters. The fraction of sp³-hybridized carbons (Fsp3) is 0.381. The molecule has 1 aliphatic heterocycles. The van der Waals surface area contributed by atoms with E-state index in [0.29, 0.717) is 35.7 Å². The number of hydrogen-bond acceptors (Lipinski definition) is 8. The highest BCUT2D eigenvalue weighted by molar-refractivity contribution is 5.93. The van der Waals surface area contributed by atoms with Gasteiger partial charge in [-0.3, -0.25) is 14.6 Å². The normalized spacial score (nSPS) is 17.5.